The van der Waals surface area contributed by atoms with E-state index in [0.29, 0.717) is 55.5 Å². The van der Waals surface area contributed by atoms with Crippen LogP contribution in [-0.2, 0) is 24.7 Å². The van der Waals surface area contributed by atoms with Crippen LogP contribution in [-0.4, -0.2) is 66.6 Å². The normalized spacial score (nSPS) is 25.9. The molecular weight excluding hydrogens is 476 g/mol. The van der Waals surface area contributed by atoms with Gasteiger partial charge in [0, 0.05) is 30.8 Å². The minimum absolute atomic E-state index is 0.0720. The van der Waals surface area contributed by atoms with E-state index < -0.39 is 28.9 Å². The van der Waals surface area contributed by atoms with Gasteiger partial charge < -0.3 is 29.1 Å². The van der Waals surface area contributed by atoms with E-state index in [9.17, 15) is 19.5 Å². The van der Waals surface area contributed by atoms with Gasteiger partial charge in [0.15, 0.2) is 17.0 Å². The lowest BCUT2D eigenvalue weighted by Crippen LogP contribution is -2.53. The number of ketones is 1. The number of nitrogens with zero attached hydrogens (tertiary/aromatic N) is 2. The highest BCUT2D eigenvalue weighted by Gasteiger charge is 2.67. The molecule has 2 atom stereocenters. The van der Waals surface area contributed by atoms with Gasteiger partial charge in [0.05, 0.1) is 17.4 Å². The van der Waals surface area contributed by atoms with Gasteiger partial charge in [-0.05, 0) is 43.5 Å². The minimum atomic E-state index is -1.79. The predicted molar refractivity (Wildman–Crippen MR) is 133 cm³/mol. The van der Waals surface area contributed by atoms with E-state index in [1.165, 1.54) is 4.90 Å². The second kappa shape index (κ2) is 8.92. The van der Waals surface area contributed by atoms with Crippen LogP contribution in [0.1, 0.15) is 37.3 Å². The second-order valence-electron chi connectivity index (χ2n) is 9.65. The van der Waals surface area contributed by atoms with Crippen molar-refractivity contribution in [1.29, 1.82) is 0 Å². The van der Waals surface area contributed by atoms with Crippen LogP contribution in [0.25, 0.3) is 5.76 Å². The lowest BCUT2D eigenvalue weighted by Gasteiger charge is -2.35. The molecule has 4 heterocycles. The molecule has 37 heavy (non-hydrogen) atoms. The molecule has 0 unspecified atom stereocenters. The fourth-order valence-corrected chi connectivity index (χ4v) is 5.89. The highest BCUT2D eigenvalue weighted by Crippen LogP contribution is 2.54. The van der Waals surface area contributed by atoms with Crippen LogP contribution in [0.4, 0.5) is 5.69 Å². The van der Waals surface area contributed by atoms with Crippen LogP contribution in [0.15, 0.2) is 48.0 Å². The number of carbonyl (C=O) groups excluding carboxylic acids is 3. The number of fused-ring (bicyclic) bond motifs is 3. The van der Waals surface area contributed by atoms with E-state index >= 15 is 0 Å². The van der Waals surface area contributed by atoms with Crippen molar-refractivity contribution in [2.45, 2.75) is 37.8 Å². The van der Waals surface area contributed by atoms with Crippen molar-refractivity contribution in [3.05, 3.63) is 59.2 Å². The summed E-state index contributed by atoms with van der Waals surface area (Å²) < 4.78 is 17.1. The molecule has 0 saturated carbocycles. The zero-order chi connectivity index (χ0) is 25.7. The van der Waals surface area contributed by atoms with Crippen LogP contribution >= 0.6 is 0 Å². The molecule has 0 radical (unpaired) electrons. The van der Waals surface area contributed by atoms with Gasteiger partial charge in [0.1, 0.15) is 19.0 Å². The summed E-state index contributed by atoms with van der Waals surface area (Å²) in [5, 5.41) is 11.7. The van der Waals surface area contributed by atoms with Gasteiger partial charge in [0.2, 0.25) is 0 Å². The summed E-state index contributed by atoms with van der Waals surface area (Å²) in [4.78, 5) is 44.6. The number of Topliss-reactive ketones (excluding diaryl/α,β-unsaturated/α-hetero) is 1. The summed E-state index contributed by atoms with van der Waals surface area (Å²) in [5.74, 6) is -1.63. The Bertz CT molecular complexity index is 1330. The molecular formula is C28H28N2O7. The highest BCUT2D eigenvalue weighted by atomic mass is 16.6. The zero-order valence-electron chi connectivity index (χ0n) is 20.6. The van der Waals surface area contributed by atoms with E-state index in [0.717, 1.165) is 12.8 Å². The summed E-state index contributed by atoms with van der Waals surface area (Å²) in [7, 11) is 0. The second-order valence-corrected chi connectivity index (χ2v) is 9.65. The molecule has 2 aromatic rings. The molecule has 0 bridgehead atoms. The van der Waals surface area contributed by atoms with Crippen molar-refractivity contribution in [2.24, 2.45) is 0 Å². The number of amides is 2. The highest BCUT2D eigenvalue weighted by molar-refractivity contribution is 6.50. The number of aliphatic hydroxyl groups is 1. The standard InChI is InChI=1S/C28H28N2O7/c1-2-11-29-20-8-4-3-7-19(20)28(27(29)34)23(25(32)26(33)30(28)16-18-6-5-12-35-18)24(31)17-9-10-21-22(15-17)37-14-13-36-21/h3-4,7-10,15,18,31H,2,5-6,11-14,16H2,1H3/t18-,28+/m0/s1. The summed E-state index contributed by atoms with van der Waals surface area (Å²) in [5.41, 5.74) is -0.629. The first-order valence-corrected chi connectivity index (χ1v) is 12.7. The minimum Gasteiger partial charge on any atom is -0.507 e. The Hall–Kier alpha value is -3.85. The maximum atomic E-state index is 14.4. The van der Waals surface area contributed by atoms with Gasteiger partial charge in [-0.1, -0.05) is 25.1 Å². The average Bonchev–Trinajstić information content (AvgIpc) is 3.58. The molecule has 1 spiro atoms. The number of ether oxygens (including phenoxy) is 3. The number of anilines is 1. The van der Waals surface area contributed by atoms with Gasteiger partial charge in [0.25, 0.3) is 17.6 Å². The molecule has 2 saturated heterocycles. The molecule has 2 amide bonds. The number of aliphatic hydroxyl groups excluding tert-OH is 1. The number of carbonyl (C=O) groups is 3. The first-order valence-electron chi connectivity index (χ1n) is 12.7. The summed E-state index contributed by atoms with van der Waals surface area (Å²) in [6, 6.07) is 12.0. The fourth-order valence-electron chi connectivity index (χ4n) is 5.89. The molecule has 1 N–H and O–H groups in total. The smallest absolute Gasteiger partial charge is 0.296 e. The SMILES string of the molecule is CCCN1C(=O)[C@]2(C(=C(O)c3ccc4c(c3)OCCO4)C(=O)C(=O)N2C[C@@H]2CCCO2)c2ccccc21. The molecule has 2 fully saturated rings. The number of para-hydroxylation sites is 1. The molecule has 4 aliphatic rings. The van der Waals surface area contributed by atoms with Crippen LogP contribution in [0.5, 0.6) is 11.5 Å². The third kappa shape index (κ3) is 3.37. The Kier molecular flexibility index (Phi) is 5.67. The van der Waals surface area contributed by atoms with Crippen molar-refractivity contribution in [2.75, 3.05) is 37.8 Å². The Morgan fingerprint density at radius 1 is 1.05 bits per heavy atom. The number of likely N-dealkylation sites (tertiary alicyclic amines) is 1. The Morgan fingerprint density at radius 2 is 1.84 bits per heavy atom. The lowest BCUT2D eigenvalue weighted by molar-refractivity contribution is -0.145. The van der Waals surface area contributed by atoms with Gasteiger partial charge in [-0.3, -0.25) is 14.4 Å². The molecule has 2 aromatic carbocycles. The largest absolute Gasteiger partial charge is 0.507 e. The number of hydrogen-bond donors (Lipinski definition) is 1. The Labute approximate surface area is 214 Å². The van der Waals surface area contributed by atoms with Crippen LogP contribution in [0.2, 0.25) is 0 Å². The molecule has 0 aliphatic carbocycles. The monoisotopic (exact) mass is 504 g/mol. The zero-order valence-corrected chi connectivity index (χ0v) is 20.6. The topological polar surface area (TPSA) is 106 Å². The van der Waals surface area contributed by atoms with E-state index in [-0.39, 0.29) is 23.8 Å². The van der Waals surface area contributed by atoms with E-state index in [4.69, 9.17) is 14.2 Å². The third-order valence-corrected chi connectivity index (χ3v) is 7.48. The number of hydrogen-bond acceptors (Lipinski definition) is 7. The Balaban J connectivity index is 1.59. The lowest BCUT2D eigenvalue weighted by atomic mass is 9.81. The quantitative estimate of drug-likeness (QED) is 0.379. The van der Waals surface area contributed by atoms with Crippen molar-refractivity contribution in [3.8, 4) is 11.5 Å². The van der Waals surface area contributed by atoms with E-state index in [1.54, 1.807) is 35.2 Å². The van der Waals surface area contributed by atoms with Gasteiger partial charge in [-0.15, -0.1) is 0 Å². The maximum Gasteiger partial charge on any atom is 0.296 e. The summed E-state index contributed by atoms with van der Waals surface area (Å²) in [6.07, 6.45) is 1.93. The van der Waals surface area contributed by atoms with Crippen LogP contribution in [0, 0.1) is 0 Å². The number of rotatable bonds is 5. The summed E-state index contributed by atoms with van der Waals surface area (Å²) >= 11 is 0. The van der Waals surface area contributed by atoms with Crippen LogP contribution in [0.3, 0.4) is 0 Å². The van der Waals surface area contributed by atoms with Crippen molar-refractivity contribution < 1.29 is 33.7 Å². The Morgan fingerprint density at radius 3 is 2.59 bits per heavy atom. The molecule has 192 valence electrons. The van der Waals surface area contributed by atoms with Crippen molar-refractivity contribution >= 4 is 29.0 Å². The number of benzene rings is 2. The molecule has 6 rings (SSSR count). The van der Waals surface area contributed by atoms with Gasteiger partial charge >= 0.3 is 0 Å². The molecule has 9 heteroatoms. The summed E-state index contributed by atoms with van der Waals surface area (Å²) in [6.45, 7) is 3.76. The van der Waals surface area contributed by atoms with E-state index in [2.05, 4.69) is 0 Å². The molecule has 0 aromatic heterocycles. The van der Waals surface area contributed by atoms with Crippen LogP contribution < -0.4 is 14.4 Å². The van der Waals surface area contributed by atoms with E-state index in [1.807, 2.05) is 19.1 Å². The fraction of sp³-hybridized carbons (Fsp3) is 0.393. The van der Waals surface area contributed by atoms with Gasteiger partial charge in [-0.25, -0.2) is 0 Å². The molecule has 4 aliphatic heterocycles. The van der Waals surface area contributed by atoms with Crippen molar-refractivity contribution in [3.63, 3.8) is 0 Å². The molecule has 9 nitrogen and oxygen atoms in total. The van der Waals surface area contributed by atoms with Crippen molar-refractivity contribution in [1.82, 2.24) is 4.90 Å². The van der Waals surface area contributed by atoms with Gasteiger partial charge in [-0.2, -0.15) is 0 Å². The third-order valence-electron chi connectivity index (χ3n) is 7.48. The predicted octanol–water partition coefficient (Wildman–Crippen LogP) is 2.97. The maximum absolute atomic E-state index is 14.4. The first-order chi connectivity index (χ1) is 18.0. The first kappa shape index (κ1) is 23.5. The average molecular weight is 505 g/mol.